The number of imidazole rings is 1. The van der Waals surface area contributed by atoms with Gasteiger partial charge in [-0.25, -0.2) is 9.37 Å². The van der Waals surface area contributed by atoms with E-state index in [1.165, 1.54) is 5.82 Å². The summed E-state index contributed by atoms with van der Waals surface area (Å²) in [6, 6.07) is 5.12. The summed E-state index contributed by atoms with van der Waals surface area (Å²) in [5.74, 6) is 1.42. The van der Waals surface area contributed by atoms with Crippen LogP contribution in [0.1, 0.15) is 17.8 Å². The van der Waals surface area contributed by atoms with E-state index in [9.17, 15) is 4.39 Å². The smallest absolute Gasteiger partial charge is 0.146 e. The van der Waals surface area contributed by atoms with E-state index < -0.39 is 0 Å². The topological polar surface area (TPSA) is 29.9 Å². The maximum absolute atomic E-state index is 13.7. The van der Waals surface area contributed by atoms with Gasteiger partial charge in [0.05, 0.1) is 5.02 Å². The van der Waals surface area contributed by atoms with Crippen LogP contribution in [0.3, 0.4) is 0 Å². The van der Waals surface area contributed by atoms with E-state index in [4.69, 9.17) is 11.6 Å². The molecule has 1 aliphatic heterocycles. The van der Waals surface area contributed by atoms with Crippen molar-refractivity contribution in [1.82, 2.24) is 14.9 Å². The number of aryl methyl sites for hydroxylation is 1. The standard InChI is InChI=1S/C15H17ClFN3/c16-13-3-1-2-12(15(13)17)9-18-8-11-4-5-14-19-6-7-20(14)10-11/h1-3,6-7,11,18H,4-5,8-10H2. The zero-order valence-corrected chi connectivity index (χ0v) is 11.9. The summed E-state index contributed by atoms with van der Waals surface area (Å²) in [5, 5.41) is 3.52. The fourth-order valence-corrected chi connectivity index (χ4v) is 2.89. The fraction of sp³-hybridized carbons (Fsp3) is 0.400. The van der Waals surface area contributed by atoms with Gasteiger partial charge in [-0.15, -0.1) is 0 Å². The lowest BCUT2D eigenvalue weighted by Crippen LogP contribution is -2.29. The summed E-state index contributed by atoms with van der Waals surface area (Å²) in [4.78, 5) is 4.32. The first-order valence-corrected chi connectivity index (χ1v) is 7.25. The van der Waals surface area contributed by atoms with Crippen molar-refractivity contribution in [1.29, 1.82) is 0 Å². The third-order valence-corrected chi connectivity index (χ3v) is 4.10. The molecule has 0 fully saturated rings. The molecular weight excluding hydrogens is 277 g/mol. The molecule has 1 unspecified atom stereocenters. The molecule has 1 atom stereocenters. The Balaban J connectivity index is 1.52. The summed E-state index contributed by atoms with van der Waals surface area (Å²) in [5.41, 5.74) is 0.622. The van der Waals surface area contributed by atoms with Crippen LogP contribution in [-0.2, 0) is 19.5 Å². The summed E-state index contributed by atoms with van der Waals surface area (Å²) in [6.45, 7) is 2.38. The minimum Gasteiger partial charge on any atom is -0.335 e. The van der Waals surface area contributed by atoms with E-state index in [2.05, 4.69) is 14.9 Å². The van der Waals surface area contributed by atoms with Gasteiger partial charge in [-0.3, -0.25) is 0 Å². The van der Waals surface area contributed by atoms with Gasteiger partial charge in [0.25, 0.3) is 0 Å². The van der Waals surface area contributed by atoms with Crippen LogP contribution in [0, 0.1) is 11.7 Å². The molecule has 2 aromatic rings. The van der Waals surface area contributed by atoms with Crippen LogP contribution in [0.15, 0.2) is 30.6 Å². The number of nitrogens with one attached hydrogen (secondary N) is 1. The van der Waals surface area contributed by atoms with Gasteiger partial charge in [-0.2, -0.15) is 0 Å². The van der Waals surface area contributed by atoms with Gasteiger partial charge >= 0.3 is 0 Å². The minimum absolute atomic E-state index is 0.185. The molecule has 20 heavy (non-hydrogen) atoms. The molecular formula is C15H17ClFN3. The van der Waals surface area contributed by atoms with E-state index in [1.54, 1.807) is 18.2 Å². The van der Waals surface area contributed by atoms with E-state index in [-0.39, 0.29) is 10.8 Å². The molecule has 0 amide bonds. The van der Waals surface area contributed by atoms with Crippen molar-refractivity contribution in [2.75, 3.05) is 6.54 Å². The predicted molar refractivity (Wildman–Crippen MR) is 77.2 cm³/mol. The van der Waals surface area contributed by atoms with Crippen molar-refractivity contribution in [2.24, 2.45) is 5.92 Å². The first-order chi connectivity index (χ1) is 9.74. The van der Waals surface area contributed by atoms with Crippen molar-refractivity contribution < 1.29 is 4.39 Å². The maximum atomic E-state index is 13.7. The SMILES string of the molecule is Fc1c(Cl)cccc1CNCC1CCc2nccn2C1. The third kappa shape index (κ3) is 2.86. The molecule has 0 spiro atoms. The Morgan fingerprint density at radius 2 is 2.35 bits per heavy atom. The summed E-state index contributed by atoms with van der Waals surface area (Å²) < 4.78 is 15.9. The Bertz CT molecular complexity index is 597. The molecule has 0 aliphatic carbocycles. The van der Waals surface area contributed by atoms with Crippen molar-refractivity contribution in [2.45, 2.75) is 25.9 Å². The first-order valence-electron chi connectivity index (χ1n) is 6.87. The Morgan fingerprint density at radius 3 is 3.25 bits per heavy atom. The monoisotopic (exact) mass is 293 g/mol. The van der Waals surface area contributed by atoms with Crippen LogP contribution in [0.2, 0.25) is 5.02 Å². The highest BCUT2D eigenvalue weighted by molar-refractivity contribution is 6.30. The average Bonchev–Trinajstić information content (AvgIpc) is 2.91. The molecule has 1 aromatic heterocycles. The lowest BCUT2D eigenvalue weighted by molar-refractivity contribution is 0.346. The van der Waals surface area contributed by atoms with E-state index in [0.717, 1.165) is 25.9 Å². The number of aromatic nitrogens is 2. The number of hydrogen-bond acceptors (Lipinski definition) is 2. The number of rotatable bonds is 4. The number of hydrogen-bond donors (Lipinski definition) is 1. The minimum atomic E-state index is -0.317. The quantitative estimate of drug-likeness (QED) is 0.939. The molecule has 0 saturated carbocycles. The second-order valence-electron chi connectivity index (χ2n) is 5.24. The molecule has 106 valence electrons. The van der Waals surface area contributed by atoms with Crippen LogP contribution in [0.5, 0.6) is 0 Å². The van der Waals surface area contributed by atoms with E-state index >= 15 is 0 Å². The molecule has 0 radical (unpaired) electrons. The van der Waals surface area contributed by atoms with Gasteiger partial charge in [0.15, 0.2) is 0 Å². The average molecular weight is 294 g/mol. The van der Waals surface area contributed by atoms with Crippen molar-refractivity contribution in [3.8, 4) is 0 Å². The highest BCUT2D eigenvalue weighted by Crippen LogP contribution is 2.19. The molecule has 2 heterocycles. The largest absolute Gasteiger partial charge is 0.335 e. The van der Waals surface area contributed by atoms with E-state index in [0.29, 0.717) is 18.0 Å². The first kappa shape index (κ1) is 13.6. The Morgan fingerprint density at radius 1 is 1.45 bits per heavy atom. The Kier molecular flexibility index (Phi) is 4.03. The second-order valence-corrected chi connectivity index (χ2v) is 5.65. The van der Waals surface area contributed by atoms with Crippen molar-refractivity contribution in [3.63, 3.8) is 0 Å². The highest BCUT2D eigenvalue weighted by Gasteiger charge is 2.18. The van der Waals surface area contributed by atoms with Crippen LogP contribution >= 0.6 is 11.6 Å². The van der Waals surface area contributed by atoms with Crippen LogP contribution in [0.4, 0.5) is 4.39 Å². The maximum Gasteiger partial charge on any atom is 0.146 e. The van der Waals surface area contributed by atoms with Crippen LogP contribution in [-0.4, -0.2) is 16.1 Å². The number of benzene rings is 1. The molecule has 0 saturated heterocycles. The zero-order chi connectivity index (χ0) is 13.9. The zero-order valence-electron chi connectivity index (χ0n) is 11.1. The molecule has 0 bridgehead atoms. The van der Waals surface area contributed by atoms with Crippen molar-refractivity contribution >= 4 is 11.6 Å². The molecule has 1 aromatic carbocycles. The van der Waals surface area contributed by atoms with Gasteiger partial charge in [0.2, 0.25) is 0 Å². The number of halogens is 2. The number of nitrogens with zero attached hydrogens (tertiary/aromatic N) is 2. The summed E-state index contributed by atoms with van der Waals surface area (Å²) in [7, 11) is 0. The second kappa shape index (κ2) is 5.94. The van der Waals surface area contributed by atoms with E-state index in [1.807, 2.05) is 12.4 Å². The van der Waals surface area contributed by atoms with Gasteiger partial charge in [-0.05, 0) is 24.9 Å². The van der Waals surface area contributed by atoms with Gasteiger partial charge in [-0.1, -0.05) is 23.7 Å². The highest BCUT2D eigenvalue weighted by atomic mass is 35.5. The molecule has 1 N–H and O–H groups in total. The lowest BCUT2D eigenvalue weighted by atomic mass is 9.99. The van der Waals surface area contributed by atoms with Crippen molar-refractivity contribution in [3.05, 3.63) is 52.8 Å². The molecule has 1 aliphatic rings. The Labute approximate surface area is 122 Å². The van der Waals surface area contributed by atoms with Gasteiger partial charge in [0.1, 0.15) is 11.6 Å². The molecule has 3 rings (SSSR count). The number of fused-ring (bicyclic) bond motifs is 1. The fourth-order valence-electron chi connectivity index (χ4n) is 2.70. The van der Waals surface area contributed by atoms with Crippen LogP contribution < -0.4 is 5.32 Å². The third-order valence-electron chi connectivity index (χ3n) is 3.81. The van der Waals surface area contributed by atoms with Gasteiger partial charge < -0.3 is 9.88 Å². The summed E-state index contributed by atoms with van der Waals surface area (Å²) >= 11 is 5.77. The normalized spacial score (nSPS) is 18.0. The predicted octanol–water partition coefficient (Wildman–Crippen LogP) is 3.03. The lowest BCUT2D eigenvalue weighted by Gasteiger charge is -2.24. The summed E-state index contributed by atoms with van der Waals surface area (Å²) in [6.07, 6.45) is 6.03. The van der Waals surface area contributed by atoms with Gasteiger partial charge in [0, 0.05) is 37.5 Å². The molecule has 3 nitrogen and oxygen atoms in total. The molecule has 5 heteroatoms. The van der Waals surface area contributed by atoms with Crippen LogP contribution in [0.25, 0.3) is 0 Å². The Hall–Kier alpha value is -1.39.